The third-order valence-corrected chi connectivity index (χ3v) is 4.27. The summed E-state index contributed by atoms with van der Waals surface area (Å²) in [6.45, 7) is 2.01. The van der Waals surface area contributed by atoms with Crippen LogP contribution >= 0.6 is 0 Å². The van der Waals surface area contributed by atoms with Crippen LogP contribution in [0.4, 0.5) is 4.39 Å². The Morgan fingerprint density at radius 1 is 1.39 bits per heavy atom. The normalized spacial score (nSPS) is 17.9. The Morgan fingerprint density at radius 2 is 2.30 bits per heavy atom. The molecule has 3 aromatic rings. The number of pyridine rings is 1. The van der Waals surface area contributed by atoms with Crippen molar-refractivity contribution < 1.29 is 13.9 Å². The van der Waals surface area contributed by atoms with Crippen LogP contribution in [0.1, 0.15) is 16.9 Å². The lowest BCUT2D eigenvalue weighted by Gasteiger charge is -2.09. The van der Waals surface area contributed by atoms with Gasteiger partial charge < -0.3 is 15.0 Å². The number of halogens is 1. The number of nitrogens with one attached hydrogen (secondary N) is 2. The van der Waals surface area contributed by atoms with Gasteiger partial charge in [-0.3, -0.25) is 4.79 Å². The van der Waals surface area contributed by atoms with Crippen LogP contribution in [0.5, 0.6) is 0 Å². The molecule has 5 nitrogen and oxygen atoms in total. The quantitative estimate of drug-likeness (QED) is 0.781. The van der Waals surface area contributed by atoms with E-state index >= 15 is 0 Å². The van der Waals surface area contributed by atoms with Crippen molar-refractivity contribution in [3.63, 3.8) is 0 Å². The van der Waals surface area contributed by atoms with Crippen LogP contribution in [0.25, 0.3) is 21.8 Å². The van der Waals surface area contributed by atoms with Crippen LogP contribution in [0.3, 0.4) is 0 Å². The van der Waals surface area contributed by atoms with Gasteiger partial charge >= 0.3 is 0 Å². The van der Waals surface area contributed by atoms with E-state index in [1.54, 1.807) is 12.3 Å². The van der Waals surface area contributed by atoms with E-state index in [-0.39, 0.29) is 11.7 Å². The zero-order valence-electron chi connectivity index (χ0n) is 12.4. The lowest BCUT2D eigenvalue weighted by atomic mass is 10.1. The number of fused-ring (bicyclic) bond motifs is 3. The van der Waals surface area contributed by atoms with E-state index in [2.05, 4.69) is 15.3 Å². The molecule has 118 valence electrons. The van der Waals surface area contributed by atoms with Crippen LogP contribution in [0, 0.1) is 11.7 Å². The van der Waals surface area contributed by atoms with Crippen molar-refractivity contribution in [3.8, 4) is 0 Å². The smallest absolute Gasteiger partial charge is 0.272 e. The van der Waals surface area contributed by atoms with E-state index in [1.165, 1.54) is 12.1 Å². The number of aromatic nitrogens is 2. The van der Waals surface area contributed by atoms with Crippen molar-refractivity contribution in [1.29, 1.82) is 0 Å². The van der Waals surface area contributed by atoms with Crippen LogP contribution in [-0.4, -0.2) is 35.6 Å². The maximum Gasteiger partial charge on any atom is 0.272 e. The van der Waals surface area contributed by atoms with Gasteiger partial charge in [0.05, 0.1) is 12.1 Å². The van der Waals surface area contributed by atoms with E-state index in [4.69, 9.17) is 4.74 Å². The highest BCUT2D eigenvalue weighted by atomic mass is 19.1. The Morgan fingerprint density at radius 3 is 3.13 bits per heavy atom. The first-order valence-electron chi connectivity index (χ1n) is 7.64. The van der Waals surface area contributed by atoms with Gasteiger partial charge in [-0.2, -0.15) is 0 Å². The molecule has 2 aromatic heterocycles. The molecule has 0 saturated carbocycles. The summed E-state index contributed by atoms with van der Waals surface area (Å²) in [7, 11) is 0. The van der Waals surface area contributed by atoms with Crippen molar-refractivity contribution in [2.45, 2.75) is 6.42 Å². The van der Waals surface area contributed by atoms with Gasteiger partial charge in [-0.05, 0) is 30.7 Å². The van der Waals surface area contributed by atoms with Gasteiger partial charge in [-0.15, -0.1) is 0 Å². The molecule has 1 aliphatic rings. The number of carbonyl (C=O) groups excluding carboxylic acids is 1. The van der Waals surface area contributed by atoms with Gasteiger partial charge in [0, 0.05) is 41.6 Å². The number of carbonyl (C=O) groups is 1. The monoisotopic (exact) mass is 313 g/mol. The zero-order chi connectivity index (χ0) is 15.8. The van der Waals surface area contributed by atoms with Crippen molar-refractivity contribution >= 4 is 27.7 Å². The van der Waals surface area contributed by atoms with E-state index < -0.39 is 0 Å². The first-order chi connectivity index (χ1) is 11.2. The fraction of sp³-hybridized carbons (Fsp3) is 0.294. The SMILES string of the molecule is O=C(NCC1CCOC1)c1nccc2c1[nH]c1cc(F)ccc12. The second-order valence-electron chi connectivity index (χ2n) is 5.84. The minimum atomic E-state index is -0.316. The fourth-order valence-corrected chi connectivity index (χ4v) is 3.04. The number of H-pyrrole nitrogens is 1. The van der Waals surface area contributed by atoms with Crippen molar-refractivity contribution in [2.75, 3.05) is 19.8 Å². The van der Waals surface area contributed by atoms with Gasteiger partial charge in [0.1, 0.15) is 5.82 Å². The number of aromatic amines is 1. The summed E-state index contributed by atoms with van der Waals surface area (Å²) in [5, 5.41) is 4.66. The minimum Gasteiger partial charge on any atom is -0.381 e. The highest BCUT2D eigenvalue weighted by Gasteiger charge is 2.19. The molecule has 3 heterocycles. The fourth-order valence-electron chi connectivity index (χ4n) is 3.04. The van der Waals surface area contributed by atoms with E-state index in [1.807, 2.05) is 6.07 Å². The second-order valence-corrected chi connectivity index (χ2v) is 5.84. The summed E-state index contributed by atoms with van der Waals surface area (Å²) >= 11 is 0. The molecule has 1 atom stereocenters. The Balaban J connectivity index is 1.68. The van der Waals surface area contributed by atoms with Gasteiger partial charge in [0.25, 0.3) is 5.91 Å². The van der Waals surface area contributed by atoms with Crippen LogP contribution in [-0.2, 0) is 4.74 Å². The third-order valence-electron chi connectivity index (χ3n) is 4.27. The topological polar surface area (TPSA) is 67.0 Å². The molecule has 1 amide bonds. The van der Waals surface area contributed by atoms with Gasteiger partial charge in [0.2, 0.25) is 0 Å². The van der Waals surface area contributed by atoms with Crippen LogP contribution in [0.2, 0.25) is 0 Å². The molecule has 1 saturated heterocycles. The van der Waals surface area contributed by atoms with Crippen molar-refractivity contribution in [3.05, 3.63) is 42.0 Å². The third kappa shape index (κ3) is 2.55. The summed E-state index contributed by atoms with van der Waals surface area (Å²) in [5.41, 5.74) is 1.62. The first kappa shape index (κ1) is 14.1. The predicted molar refractivity (Wildman–Crippen MR) is 84.8 cm³/mol. The van der Waals surface area contributed by atoms with Crippen molar-refractivity contribution in [1.82, 2.24) is 15.3 Å². The average Bonchev–Trinajstić information content (AvgIpc) is 3.18. The maximum atomic E-state index is 13.4. The molecule has 1 aliphatic heterocycles. The molecule has 0 radical (unpaired) electrons. The Bertz CT molecular complexity index is 884. The highest BCUT2D eigenvalue weighted by Crippen LogP contribution is 2.27. The number of amides is 1. The standard InChI is InChI=1S/C17H16FN3O2/c18-11-1-2-12-13-3-5-19-16(15(13)21-14(12)7-11)17(22)20-8-10-4-6-23-9-10/h1-3,5,7,10,21H,4,6,8-9H2,(H,20,22). The first-order valence-corrected chi connectivity index (χ1v) is 7.64. The zero-order valence-corrected chi connectivity index (χ0v) is 12.4. The molecule has 1 aromatic carbocycles. The molecule has 0 spiro atoms. The molecule has 4 rings (SSSR count). The maximum absolute atomic E-state index is 13.4. The Kier molecular flexibility index (Phi) is 3.46. The molecule has 0 bridgehead atoms. The van der Waals surface area contributed by atoms with E-state index in [0.29, 0.717) is 35.8 Å². The molecule has 6 heteroatoms. The highest BCUT2D eigenvalue weighted by molar-refractivity contribution is 6.13. The number of hydrogen-bond acceptors (Lipinski definition) is 3. The molecule has 0 aliphatic carbocycles. The van der Waals surface area contributed by atoms with Crippen LogP contribution < -0.4 is 5.32 Å². The number of hydrogen-bond donors (Lipinski definition) is 2. The van der Waals surface area contributed by atoms with Crippen molar-refractivity contribution in [2.24, 2.45) is 5.92 Å². The molecular weight excluding hydrogens is 297 g/mol. The van der Waals surface area contributed by atoms with Gasteiger partial charge in [-0.25, -0.2) is 9.37 Å². The Hall–Kier alpha value is -2.47. The summed E-state index contributed by atoms with van der Waals surface area (Å²) in [6, 6.07) is 6.37. The summed E-state index contributed by atoms with van der Waals surface area (Å²) < 4.78 is 18.7. The lowest BCUT2D eigenvalue weighted by Crippen LogP contribution is -2.30. The number of benzene rings is 1. The lowest BCUT2D eigenvalue weighted by molar-refractivity contribution is 0.0941. The summed E-state index contributed by atoms with van der Waals surface area (Å²) in [5.74, 6) is -0.186. The van der Waals surface area contributed by atoms with Gasteiger partial charge in [0.15, 0.2) is 5.69 Å². The largest absolute Gasteiger partial charge is 0.381 e. The van der Waals surface area contributed by atoms with E-state index in [0.717, 1.165) is 23.8 Å². The summed E-state index contributed by atoms with van der Waals surface area (Å²) in [6.07, 6.45) is 2.57. The molecule has 1 fully saturated rings. The molecule has 2 N–H and O–H groups in total. The predicted octanol–water partition coefficient (Wildman–Crippen LogP) is 2.62. The second kappa shape index (κ2) is 5.62. The number of nitrogens with zero attached hydrogens (tertiary/aromatic N) is 1. The average molecular weight is 313 g/mol. The van der Waals surface area contributed by atoms with Crippen LogP contribution in [0.15, 0.2) is 30.5 Å². The molecular formula is C17H16FN3O2. The minimum absolute atomic E-state index is 0.227. The number of rotatable bonds is 3. The van der Waals surface area contributed by atoms with Gasteiger partial charge in [-0.1, -0.05) is 0 Å². The number of ether oxygens (including phenoxy) is 1. The van der Waals surface area contributed by atoms with E-state index in [9.17, 15) is 9.18 Å². The Labute approximate surface area is 131 Å². The molecule has 23 heavy (non-hydrogen) atoms. The summed E-state index contributed by atoms with van der Waals surface area (Å²) in [4.78, 5) is 19.8. The molecule has 1 unspecified atom stereocenters.